The first-order chi connectivity index (χ1) is 3.43. The van der Waals surface area contributed by atoms with E-state index in [0.29, 0.717) is 0 Å². The van der Waals surface area contributed by atoms with Crippen molar-refractivity contribution in [3.05, 3.63) is 0 Å². The Balaban J connectivity index is 2.28. The van der Waals surface area contributed by atoms with Crippen LogP contribution in [0.5, 0.6) is 0 Å². The Bertz CT molecular complexity index is 81.8. The van der Waals surface area contributed by atoms with Gasteiger partial charge in [0, 0.05) is 7.11 Å². The SMILES string of the molecule is COC1CNC=N1. The molecule has 40 valence electrons. The lowest BCUT2D eigenvalue weighted by Gasteiger charge is -1.99. The summed E-state index contributed by atoms with van der Waals surface area (Å²) in [6.07, 6.45) is 1.72. The molecule has 3 nitrogen and oxygen atoms in total. The second kappa shape index (κ2) is 1.93. The quantitative estimate of drug-likeness (QED) is 0.486. The van der Waals surface area contributed by atoms with E-state index in [9.17, 15) is 0 Å². The number of hydrogen-bond acceptors (Lipinski definition) is 3. The summed E-state index contributed by atoms with van der Waals surface area (Å²) in [5.41, 5.74) is 0. The van der Waals surface area contributed by atoms with Crippen molar-refractivity contribution in [2.45, 2.75) is 6.23 Å². The predicted octanol–water partition coefficient (Wildman–Crippen LogP) is -0.410. The molecular formula is C4H8N2O. The number of methoxy groups -OCH3 is 1. The largest absolute Gasteiger partial charge is 0.372 e. The van der Waals surface area contributed by atoms with E-state index in [4.69, 9.17) is 4.74 Å². The molecule has 0 spiro atoms. The highest BCUT2D eigenvalue weighted by atomic mass is 16.5. The van der Waals surface area contributed by atoms with E-state index in [1.165, 1.54) is 0 Å². The molecule has 7 heavy (non-hydrogen) atoms. The van der Waals surface area contributed by atoms with Gasteiger partial charge in [0.15, 0.2) is 6.23 Å². The van der Waals surface area contributed by atoms with Crippen LogP contribution in [-0.4, -0.2) is 26.2 Å². The Kier molecular flexibility index (Phi) is 1.26. The van der Waals surface area contributed by atoms with Crippen LogP contribution < -0.4 is 5.32 Å². The van der Waals surface area contributed by atoms with E-state index >= 15 is 0 Å². The third-order valence-corrected chi connectivity index (χ3v) is 0.897. The standard InChI is InChI=1S/C4H8N2O/c1-7-4-2-5-3-6-4/h3-4H,2H2,1H3,(H,5,6). The van der Waals surface area contributed by atoms with Gasteiger partial charge >= 0.3 is 0 Å². The molecule has 0 amide bonds. The van der Waals surface area contributed by atoms with Gasteiger partial charge in [0.05, 0.1) is 12.9 Å². The van der Waals surface area contributed by atoms with Crippen LogP contribution in [0, 0.1) is 0 Å². The summed E-state index contributed by atoms with van der Waals surface area (Å²) in [5, 5.41) is 2.91. The van der Waals surface area contributed by atoms with Gasteiger partial charge < -0.3 is 10.1 Å². The molecule has 1 aliphatic rings. The fourth-order valence-electron chi connectivity index (χ4n) is 0.486. The molecular weight excluding hydrogens is 92.1 g/mol. The minimum atomic E-state index is 0.0556. The van der Waals surface area contributed by atoms with E-state index in [0.717, 1.165) is 6.54 Å². The molecule has 0 saturated carbocycles. The van der Waals surface area contributed by atoms with E-state index in [1.807, 2.05) is 0 Å². The molecule has 0 aromatic heterocycles. The molecule has 1 unspecified atom stereocenters. The van der Waals surface area contributed by atoms with Gasteiger partial charge in [-0.2, -0.15) is 0 Å². The molecule has 0 aromatic rings. The fourth-order valence-corrected chi connectivity index (χ4v) is 0.486. The first kappa shape index (κ1) is 4.59. The first-order valence-electron chi connectivity index (χ1n) is 2.21. The Hall–Kier alpha value is -0.570. The number of ether oxygens (including phenoxy) is 1. The third kappa shape index (κ3) is 0.899. The molecule has 0 aliphatic carbocycles. The molecule has 1 N–H and O–H groups in total. The highest BCUT2D eigenvalue weighted by Crippen LogP contribution is 1.91. The second-order valence-electron chi connectivity index (χ2n) is 1.38. The zero-order valence-corrected chi connectivity index (χ0v) is 4.22. The normalized spacial score (nSPS) is 27.9. The zero-order chi connectivity index (χ0) is 5.11. The molecule has 0 bridgehead atoms. The average Bonchev–Trinajstić information content (AvgIpc) is 2.14. The molecule has 3 heteroatoms. The van der Waals surface area contributed by atoms with E-state index in [-0.39, 0.29) is 6.23 Å². The summed E-state index contributed by atoms with van der Waals surface area (Å²) in [7, 11) is 1.65. The van der Waals surface area contributed by atoms with Crippen LogP contribution in [0.1, 0.15) is 0 Å². The summed E-state index contributed by atoms with van der Waals surface area (Å²) in [4.78, 5) is 3.90. The maximum Gasteiger partial charge on any atom is 0.166 e. The minimum absolute atomic E-state index is 0.0556. The van der Waals surface area contributed by atoms with Crippen molar-refractivity contribution in [1.29, 1.82) is 0 Å². The van der Waals surface area contributed by atoms with Crippen LogP contribution in [0.3, 0.4) is 0 Å². The van der Waals surface area contributed by atoms with Crippen molar-refractivity contribution < 1.29 is 4.74 Å². The zero-order valence-electron chi connectivity index (χ0n) is 4.22. The Morgan fingerprint density at radius 1 is 2.00 bits per heavy atom. The Morgan fingerprint density at radius 3 is 3.14 bits per heavy atom. The van der Waals surface area contributed by atoms with Crippen LogP contribution in [0.25, 0.3) is 0 Å². The monoisotopic (exact) mass is 100 g/mol. The third-order valence-electron chi connectivity index (χ3n) is 0.897. The molecule has 1 rings (SSSR count). The molecule has 1 atom stereocenters. The van der Waals surface area contributed by atoms with Gasteiger partial charge in [-0.25, -0.2) is 4.99 Å². The molecule has 1 heterocycles. The van der Waals surface area contributed by atoms with Crippen LogP contribution in [0.2, 0.25) is 0 Å². The first-order valence-corrected chi connectivity index (χ1v) is 2.21. The lowest BCUT2D eigenvalue weighted by Crippen LogP contribution is -2.16. The number of nitrogens with one attached hydrogen (secondary N) is 1. The summed E-state index contributed by atoms with van der Waals surface area (Å²) in [6, 6.07) is 0. The van der Waals surface area contributed by atoms with Crippen molar-refractivity contribution in [3.63, 3.8) is 0 Å². The van der Waals surface area contributed by atoms with E-state index in [2.05, 4.69) is 10.3 Å². The highest BCUT2D eigenvalue weighted by Gasteiger charge is 2.04. The number of nitrogens with zero attached hydrogens (tertiary/aromatic N) is 1. The molecule has 0 radical (unpaired) electrons. The summed E-state index contributed by atoms with van der Waals surface area (Å²) < 4.78 is 4.85. The topological polar surface area (TPSA) is 33.6 Å². The highest BCUT2D eigenvalue weighted by molar-refractivity contribution is 5.56. The lowest BCUT2D eigenvalue weighted by molar-refractivity contribution is 0.121. The maximum absolute atomic E-state index is 4.85. The van der Waals surface area contributed by atoms with Gasteiger partial charge in [-0.1, -0.05) is 0 Å². The number of aliphatic imine (C=N–C) groups is 1. The van der Waals surface area contributed by atoms with Gasteiger partial charge in [0.25, 0.3) is 0 Å². The second-order valence-corrected chi connectivity index (χ2v) is 1.38. The molecule has 0 aromatic carbocycles. The van der Waals surface area contributed by atoms with Gasteiger partial charge in [-0.3, -0.25) is 0 Å². The molecule has 1 aliphatic heterocycles. The number of rotatable bonds is 1. The lowest BCUT2D eigenvalue weighted by atomic mass is 10.6. The van der Waals surface area contributed by atoms with Crippen LogP contribution >= 0.6 is 0 Å². The van der Waals surface area contributed by atoms with Gasteiger partial charge in [0.2, 0.25) is 0 Å². The van der Waals surface area contributed by atoms with Crippen molar-refractivity contribution in [2.24, 2.45) is 4.99 Å². The number of hydrogen-bond donors (Lipinski definition) is 1. The van der Waals surface area contributed by atoms with Gasteiger partial charge in [-0.05, 0) is 0 Å². The van der Waals surface area contributed by atoms with Crippen molar-refractivity contribution >= 4 is 6.34 Å². The smallest absolute Gasteiger partial charge is 0.166 e. The van der Waals surface area contributed by atoms with Gasteiger partial charge in [-0.15, -0.1) is 0 Å². The summed E-state index contributed by atoms with van der Waals surface area (Å²) in [6.45, 7) is 0.816. The Labute approximate surface area is 42.4 Å². The predicted molar refractivity (Wildman–Crippen MR) is 27.3 cm³/mol. The maximum atomic E-state index is 4.85. The van der Waals surface area contributed by atoms with Crippen LogP contribution in [0.15, 0.2) is 4.99 Å². The van der Waals surface area contributed by atoms with Crippen molar-refractivity contribution in [3.8, 4) is 0 Å². The van der Waals surface area contributed by atoms with E-state index < -0.39 is 0 Å². The van der Waals surface area contributed by atoms with E-state index in [1.54, 1.807) is 13.4 Å². The van der Waals surface area contributed by atoms with Crippen LogP contribution in [-0.2, 0) is 4.74 Å². The minimum Gasteiger partial charge on any atom is -0.372 e. The molecule has 0 saturated heterocycles. The molecule has 0 fully saturated rings. The van der Waals surface area contributed by atoms with Crippen LogP contribution in [0.4, 0.5) is 0 Å². The summed E-state index contributed by atoms with van der Waals surface area (Å²) in [5.74, 6) is 0. The van der Waals surface area contributed by atoms with Crippen molar-refractivity contribution in [2.75, 3.05) is 13.7 Å². The average molecular weight is 100 g/mol. The Morgan fingerprint density at radius 2 is 2.86 bits per heavy atom. The van der Waals surface area contributed by atoms with Crippen molar-refractivity contribution in [1.82, 2.24) is 5.32 Å². The summed E-state index contributed by atoms with van der Waals surface area (Å²) >= 11 is 0. The van der Waals surface area contributed by atoms with Gasteiger partial charge in [0.1, 0.15) is 0 Å². The fraction of sp³-hybridized carbons (Fsp3) is 0.750.